The molecule has 0 spiro atoms. The van der Waals surface area contributed by atoms with Crippen LogP contribution in [0.2, 0.25) is 0 Å². The molecule has 0 radical (unpaired) electrons. The molecule has 42 heavy (non-hydrogen) atoms. The summed E-state index contributed by atoms with van der Waals surface area (Å²) in [5, 5.41) is 0. The molecule has 0 saturated carbocycles. The molecule has 2 atom stereocenters. The van der Waals surface area contributed by atoms with Crippen LogP contribution < -0.4 is 9.64 Å². The zero-order chi connectivity index (χ0) is 30.7. The molecule has 13 heteroatoms. The van der Waals surface area contributed by atoms with Crippen molar-refractivity contribution in [1.82, 2.24) is 9.21 Å². The molecule has 2 aliphatic heterocycles. The molecule has 0 N–H and O–H groups in total. The molecule has 0 aromatic heterocycles. The van der Waals surface area contributed by atoms with Gasteiger partial charge in [-0.25, -0.2) is 22.4 Å². The molecule has 4 rings (SSSR count). The summed E-state index contributed by atoms with van der Waals surface area (Å²) < 4.78 is 52.6. The summed E-state index contributed by atoms with van der Waals surface area (Å²) >= 11 is 1.77. The summed E-state index contributed by atoms with van der Waals surface area (Å²) in [6.45, 7) is 7.93. The van der Waals surface area contributed by atoms with E-state index in [1.807, 2.05) is 0 Å². The number of amides is 2. The normalized spacial score (nSPS) is 18.8. The van der Waals surface area contributed by atoms with Crippen LogP contribution in [0.3, 0.4) is 0 Å². The number of esters is 1. The van der Waals surface area contributed by atoms with Crippen LogP contribution >= 0.6 is 11.8 Å². The lowest BCUT2D eigenvalue weighted by Gasteiger charge is -2.34. The number of thioether (sulfide) groups is 1. The highest BCUT2D eigenvalue weighted by Gasteiger charge is 2.44. The molecule has 2 aromatic rings. The molecule has 2 amide bonds. The highest BCUT2D eigenvalue weighted by atomic mass is 32.2. The predicted molar refractivity (Wildman–Crippen MR) is 157 cm³/mol. The summed E-state index contributed by atoms with van der Waals surface area (Å²) in [6, 6.07) is 8.35. The monoisotopic (exact) mass is 621 g/mol. The number of carbonyl (C=O) groups is 3. The van der Waals surface area contributed by atoms with E-state index in [4.69, 9.17) is 9.47 Å². The number of benzene rings is 2. The smallest absolute Gasteiger partial charge is 0.415 e. The molecular formula is C29H36FN3O7S2. The van der Waals surface area contributed by atoms with Crippen LogP contribution in [-0.2, 0) is 24.3 Å². The number of hydrogen-bond donors (Lipinski definition) is 0. The van der Waals surface area contributed by atoms with Gasteiger partial charge in [0, 0.05) is 36.8 Å². The third-order valence-electron chi connectivity index (χ3n) is 6.87. The van der Waals surface area contributed by atoms with E-state index >= 15 is 0 Å². The average Bonchev–Trinajstić information content (AvgIpc) is 3.45. The molecule has 2 fully saturated rings. The topological polar surface area (TPSA) is 114 Å². The highest BCUT2D eigenvalue weighted by molar-refractivity contribution is 7.99. The maximum atomic E-state index is 14.1. The first-order valence-corrected chi connectivity index (χ1v) is 16.4. The van der Waals surface area contributed by atoms with E-state index < -0.39 is 51.5 Å². The first-order chi connectivity index (χ1) is 19.8. The van der Waals surface area contributed by atoms with Crippen LogP contribution in [0.25, 0.3) is 0 Å². The molecule has 0 bridgehead atoms. The van der Waals surface area contributed by atoms with Crippen molar-refractivity contribution in [2.45, 2.75) is 63.1 Å². The fraction of sp³-hybridized carbons (Fsp3) is 0.483. The van der Waals surface area contributed by atoms with E-state index in [0.29, 0.717) is 25.2 Å². The molecule has 0 aliphatic carbocycles. The number of carbonyl (C=O) groups excluding carboxylic acids is 3. The Hall–Kier alpha value is -3.16. The second kappa shape index (κ2) is 13.0. The number of hydrogen-bond acceptors (Lipinski definition) is 8. The molecule has 0 unspecified atom stereocenters. The summed E-state index contributed by atoms with van der Waals surface area (Å²) in [5.41, 5.74) is -0.519. The predicted octanol–water partition coefficient (Wildman–Crippen LogP) is 4.29. The first kappa shape index (κ1) is 31.8. The Kier molecular flexibility index (Phi) is 9.84. The van der Waals surface area contributed by atoms with Crippen molar-refractivity contribution in [3.8, 4) is 5.75 Å². The largest absolute Gasteiger partial charge is 0.458 e. The van der Waals surface area contributed by atoms with Crippen LogP contribution in [0.5, 0.6) is 5.75 Å². The molecule has 2 heterocycles. The fourth-order valence-electron chi connectivity index (χ4n) is 4.80. The van der Waals surface area contributed by atoms with E-state index in [1.165, 1.54) is 24.0 Å². The van der Waals surface area contributed by atoms with E-state index in [-0.39, 0.29) is 23.6 Å². The van der Waals surface area contributed by atoms with E-state index in [1.54, 1.807) is 49.6 Å². The lowest BCUT2D eigenvalue weighted by molar-refractivity contribution is -0.157. The van der Waals surface area contributed by atoms with Gasteiger partial charge in [-0.05, 0) is 89.1 Å². The zero-order valence-electron chi connectivity index (χ0n) is 24.1. The summed E-state index contributed by atoms with van der Waals surface area (Å²) in [6.07, 6.45) is 0.196. The number of rotatable bonds is 7. The van der Waals surface area contributed by atoms with Gasteiger partial charge in [0.2, 0.25) is 15.9 Å². The number of nitrogens with zero attached hydrogens (tertiary/aromatic N) is 3. The first-order valence-electron chi connectivity index (χ1n) is 13.8. The van der Waals surface area contributed by atoms with Gasteiger partial charge in [0.1, 0.15) is 29.3 Å². The Morgan fingerprint density at radius 2 is 1.62 bits per heavy atom. The molecule has 228 valence electrons. The van der Waals surface area contributed by atoms with Crippen molar-refractivity contribution in [3.63, 3.8) is 0 Å². The Balaban J connectivity index is 1.62. The standard InChI is InChI=1S/C29H36FN3O7S2/c1-20(27(35)40-29(2,3)4)33(22-9-11-23(12-10-22)39-28(36)31-16-18-41-19-17-31)26(34)25-6-5-15-32(25)42(37,38)24-13-7-21(30)8-14-24/h7-14,20,25H,5-6,15-19H2,1-4H3/t20-,25-/m0/s1. The van der Waals surface area contributed by atoms with Gasteiger partial charge in [0.05, 0.1) is 4.90 Å². The van der Waals surface area contributed by atoms with E-state index in [0.717, 1.165) is 40.1 Å². The highest BCUT2D eigenvalue weighted by Crippen LogP contribution is 2.31. The number of sulfonamides is 1. The number of halogens is 1. The lowest BCUT2D eigenvalue weighted by Crippen LogP contribution is -2.53. The Labute approximate surface area is 250 Å². The third kappa shape index (κ3) is 7.42. The molecule has 2 aromatic carbocycles. The van der Waals surface area contributed by atoms with Crippen molar-refractivity contribution in [2.24, 2.45) is 0 Å². The molecule has 10 nitrogen and oxygen atoms in total. The maximum Gasteiger partial charge on any atom is 0.415 e. The minimum Gasteiger partial charge on any atom is -0.458 e. The zero-order valence-corrected chi connectivity index (χ0v) is 25.8. The van der Waals surface area contributed by atoms with Gasteiger partial charge in [-0.3, -0.25) is 9.69 Å². The second-order valence-electron chi connectivity index (χ2n) is 11.1. The second-order valence-corrected chi connectivity index (χ2v) is 14.2. The average molecular weight is 622 g/mol. The van der Waals surface area contributed by atoms with Crippen molar-refractivity contribution in [2.75, 3.05) is 36.0 Å². The quantitative estimate of drug-likeness (QED) is 0.421. The van der Waals surface area contributed by atoms with Gasteiger partial charge in [-0.2, -0.15) is 16.1 Å². The molecule has 2 saturated heterocycles. The van der Waals surface area contributed by atoms with Gasteiger partial charge < -0.3 is 14.4 Å². The third-order valence-corrected chi connectivity index (χ3v) is 9.74. The summed E-state index contributed by atoms with van der Waals surface area (Å²) in [4.78, 5) is 42.6. The minimum atomic E-state index is -4.13. The van der Waals surface area contributed by atoms with Crippen molar-refractivity contribution >= 4 is 45.4 Å². The van der Waals surface area contributed by atoms with Gasteiger partial charge in [-0.15, -0.1) is 0 Å². The van der Waals surface area contributed by atoms with Crippen molar-refractivity contribution in [3.05, 3.63) is 54.3 Å². The SMILES string of the molecule is C[C@@H](C(=O)OC(C)(C)C)N(C(=O)[C@@H]1CCCN1S(=O)(=O)c1ccc(F)cc1)c1ccc(OC(=O)N2CCSCC2)cc1. The Morgan fingerprint density at radius 1 is 1.00 bits per heavy atom. The van der Waals surface area contributed by atoms with Gasteiger partial charge in [-0.1, -0.05) is 0 Å². The van der Waals surface area contributed by atoms with Crippen LogP contribution in [0.15, 0.2) is 53.4 Å². The fourth-order valence-corrected chi connectivity index (χ4v) is 7.35. The van der Waals surface area contributed by atoms with Crippen LogP contribution in [0.4, 0.5) is 14.9 Å². The van der Waals surface area contributed by atoms with Crippen molar-refractivity contribution < 1.29 is 36.7 Å². The molecule has 2 aliphatic rings. The Bertz CT molecular complexity index is 1390. The van der Waals surface area contributed by atoms with Crippen LogP contribution in [-0.4, -0.2) is 84.4 Å². The van der Waals surface area contributed by atoms with Crippen molar-refractivity contribution in [1.29, 1.82) is 0 Å². The van der Waals surface area contributed by atoms with E-state index in [2.05, 4.69) is 0 Å². The van der Waals surface area contributed by atoms with Crippen LogP contribution in [0.1, 0.15) is 40.5 Å². The van der Waals surface area contributed by atoms with Gasteiger partial charge in [0.25, 0.3) is 0 Å². The maximum absolute atomic E-state index is 14.1. The summed E-state index contributed by atoms with van der Waals surface area (Å²) in [7, 11) is -4.13. The minimum absolute atomic E-state index is 0.0919. The number of ether oxygens (including phenoxy) is 2. The lowest BCUT2D eigenvalue weighted by atomic mass is 10.1. The molecular weight excluding hydrogens is 585 g/mol. The Morgan fingerprint density at radius 3 is 2.21 bits per heavy atom. The van der Waals surface area contributed by atoms with Gasteiger partial charge in [0.15, 0.2) is 0 Å². The number of anilines is 1. The van der Waals surface area contributed by atoms with E-state index in [9.17, 15) is 27.2 Å². The van der Waals surface area contributed by atoms with Gasteiger partial charge >= 0.3 is 12.1 Å². The van der Waals surface area contributed by atoms with Crippen LogP contribution in [0, 0.1) is 5.82 Å². The summed E-state index contributed by atoms with van der Waals surface area (Å²) in [5.74, 6) is 0.0864.